The molecule has 1 heterocycles. The minimum Gasteiger partial charge on any atom is -0.310 e. The van der Waals surface area contributed by atoms with E-state index in [1.165, 1.54) is 24.9 Å². The third kappa shape index (κ3) is 1.43. The molecule has 0 amide bonds. The molecule has 1 fully saturated rings. The third-order valence-electron chi connectivity index (χ3n) is 2.21. The lowest BCUT2D eigenvalue weighted by Crippen LogP contribution is -2.12. The fourth-order valence-corrected chi connectivity index (χ4v) is 1.60. The molecule has 1 aliphatic rings. The predicted octanol–water partition coefficient (Wildman–Crippen LogP) is 1.91. The normalized spacial score (nSPS) is 23.8. The Morgan fingerprint density at radius 1 is 1.36 bits per heavy atom. The van der Waals surface area contributed by atoms with Crippen LogP contribution in [0.25, 0.3) is 0 Å². The summed E-state index contributed by atoms with van der Waals surface area (Å²) in [6, 6.07) is 11.9. The van der Waals surface area contributed by atoms with E-state index < -0.39 is 0 Å². The minimum atomic E-state index is 0.601. The molecule has 11 heavy (non-hydrogen) atoms. The van der Waals surface area contributed by atoms with Gasteiger partial charge in [0.2, 0.25) is 0 Å². The molecule has 2 rings (SSSR count). The summed E-state index contributed by atoms with van der Waals surface area (Å²) in [4.78, 5) is 0. The number of hydrogen-bond donors (Lipinski definition) is 1. The van der Waals surface area contributed by atoms with Crippen LogP contribution in [0.5, 0.6) is 0 Å². The quantitative estimate of drug-likeness (QED) is 0.638. The Labute approximate surface area is 67.4 Å². The van der Waals surface area contributed by atoms with E-state index in [1.807, 2.05) is 12.1 Å². The molecule has 1 radical (unpaired) electrons. The van der Waals surface area contributed by atoms with E-state index >= 15 is 0 Å². The first-order valence-corrected chi connectivity index (χ1v) is 4.16. The first-order chi connectivity index (χ1) is 5.47. The van der Waals surface area contributed by atoms with Crippen LogP contribution in [-0.2, 0) is 0 Å². The summed E-state index contributed by atoms with van der Waals surface area (Å²) < 4.78 is 0. The average Bonchev–Trinajstić information content (AvgIpc) is 2.58. The van der Waals surface area contributed by atoms with Crippen molar-refractivity contribution in [2.45, 2.75) is 18.9 Å². The second-order valence-corrected chi connectivity index (χ2v) is 2.98. The van der Waals surface area contributed by atoms with E-state index in [9.17, 15) is 0 Å². The van der Waals surface area contributed by atoms with Gasteiger partial charge in [0, 0.05) is 6.04 Å². The van der Waals surface area contributed by atoms with Gasteiger partial charge >= 0.3 is 0 Å². The molecule has 1 N–H and O–H groups in total. The lowest BCUT2D eigenvalue weighted by Gasteiger charge is -2.08. The topological polar surface area (TPSA) is 12.0 Å². The summed E-state index contributed by atoms with van der Waals surface area (Å²) in [5.41, 5.74) is 1.40. The van der Waals surface area contributed by atoms with Gasteiger partial charge in [-0.15, -0.1) is 0 Å². The number of nitrogens with one attached hydrogen (secondary N) is 1. The minimum absolute atomic E-state index is 0.601. The van der Waals surface area contributed by atoms with Gasteiger partial charge in [-0.2, -0.15) is 0 Å². The Balaban J connectivity index is 2.16. The Hall–Kier alpha value is -0.820. The van der Waals surface area contributed by atoms with E-state index in [2.05, 4.69) is 23.5 Å². The highest BCUT2D eigenvalue weighted by molar-refractivity contribution is 5.18. The van der Waals surface area contributed by atoms with Crippen LogP contribution >= 0.6 is 0 Å². The fraction of sp³-hybridized carbons (Fsp3) is 0.400. The molecule has 0 bridgehead atoms. The van der Waals surface area contributed by atoms with E-state index in [-0.39, 0.29) is 0 Å². The molecule has 1 heteroatoms. The maximum Gasteiger partial charge on any atom is 0.0320 e. The lowest BCUT2D eigenvalue weighted by molar-refractivity contribution is 0.648. The van der Waals surface area contributed by atoms with Gasteiger partial charge in [-0.1, -0.05) is 24.3 Å². The van der Waals surface area contributed by atoms with E-state index in [1.54, 1.807) is 0 Å². The molecular weight excluding hydrogens is 134 g/mol. The van der Waals surface area contributed by atoms with Gasteiger partial charge in [0.05, 0.1) is 0 Å². The van der Waals surface area contributed by atoms with Crippen LogP contribution in [0.1, 0.15) is 24.4 Å². The molecule has 0 spiro atoms. The van der Waals surface area contributed by atoms with Gasteiger partial charge in [0.1, 0.15) is 0 Å². The number of benzene rings is 1. The van der Waals surface area contributed by atoms with Crippen molar-refractivity contribution in [1.29, 1.82) is 0 Å². The maximum absolute atomic E-state index is 3.46. The molecule has 1 aromatic rings. The molecule has 1 atom stereocenters. The Bertz CT molecular complexity index is 212. The van der Waals surface area contributed by atoms with Crippen LogP contribution < -0.4 is 5.32 Å². The summed E-state index contributed by atoms with van der Waals surface area (Å²) in [7, 11) is 0. The first-order valence-electron chi connectivity index (χ1n) is 4.16. The zero-order valence-electron chi connectivity index (χ0n) is 6.51. The molecule has 1 aromatic carbocycles. The monoisotopic (exact) mass is 146 g/mol. The van der Waals surface area contributed by atoms with Crippen molar-refractivity contribution >= 4 is 0 Å². The molecule has 0 saturated carbocycles. The fourth-order valence-electron chi connectivity index (χ4n) is 1.60. The number of hydrogen-bond acceptors (Lipinski definition) is 1. The average molecular weight is 146 g/mol. The molecule has 0 aliphatic carbocycles. The van der Waals surface area contributed by atoms with E-state index in [4.69, 9.17) is 0 Å². The van der Waals surface area contributed by atoms with Crippen molar-refractivity contribution in [3.63, 3.8) is 0 Å². The van der Waals surface area contributed by atoms with Crippen LogP contribution in [0.2, 0.25) is 0 Å². The maximum atomic E-state index is 3.46. The molecule has 1 aliphatic heterocycles. The van der Waals surface area contributed by atoms with E-state index in [0.29, 0.717) is 6.04 Å². The molecule has 57 valence electrons. The van der Waals surface area contributed by atoms with Crippen molar-refractivity contribution in [2.24, 2.45) is 0 Å². The van der Waals surface area contributed by atoms with E-state index in [0.717, 1.165) is 0 Å². The van der Waals surface area contributed by atoms with Crippen LogP contribution in [0.4, 0.5) is 0 Å². The highest BCUT2D eigenvalue weighted by Crippen LogP contribution is 2.21. The van der Waals surface area contributed by atoms with Crippen LogP contribution in [0, 0.1) is 6.07 Å². The first kappa shape index (κ1) is 6.86. The Morgan fingerprint density at radius 3 is 2.82 bits per heavy atom. The van der Waals surface area contributed by atoms with Crippen molar-refractivity contribution in [1.82, 2.24) is 5.32 Å². The van der Waals surface area contributed by atoms with Crippen molar-refractivity contribution in [2.75, 3.05) is 6.54 Å². The van der Waals surface area contributed by atoms with Gasteiger partial charge in [0.15, 0.2) is 0 Å². The Kier molecular flexibility index (Phi) is 1.91. The molecule has 0 aromatic heterocycles. The summed E-state index contributed by atoms with van der Waals surface area (Å²) in [5, 5.41) is 3.46. The molecule has 1 nitrogen and oxygen atoms in total. The standard InChI is InChI=1S/C10H12N/c1-2-5-9(6-3-1)10-7-4-8-11-10/h2-3,5-6,10-11H,4,7-8H2/t10-/m0/s1. The highest BCUT2D eigenvalue weighted by atomic mass is 14.9. The highest BCUT2D eigenvalue weighted by Gasteiger charge is 2.14. The van der Waals surface area contributed by atoms with Crippen molar-refractivity contribution in [3.05, 3.63) is 35.9 Å². The van der Waals surface area contributed by atoms with Crippen molar-refractivity contribution < 1.29 is 0 Å². The van der Waals surface area contributed by atoms with Gasteiger partial charge in [0.25, 0.3) is 0 Å². The Morgan fingerprint density at radius 2 is 2.18 bits per heavy atom. The van der Waals surface area contributed by atoms with Gasteiger partial charge < -0.3 is 5.32 Å². The summed E-state index contributed by atoms with van der Waals surface area (Å²) in [6.07, 6.45) is 2.59. The van der Waals surface area contributed by atoms with Crippen LogP contribution in [0.3, 0.4) is 0 Å². The number of rotatable bonds is 1. The predicted molar refractivity (Wildman–Crippen MR) is 45.3 cm³/mol. The molecular formula is C10H12N. The third-order valence-corrected chi connectivity index (χ3v) is 2.21. The van der Waals surface area contributed by atoms with Gasteiger partial charge in [-0.25, -0.2) is 0 Å². The van der Waals surface area contributed by atoms with Gasteiger partial charge in [-0.05, 0) is 31.0 Å². The zero-order valence-corrected chi connectivity index (χ0v) is 6.51. The lowest BCUT2D eigenvalue weighted by atomic mass is 10.1. The zero-order chi connectivity index (χ0) is 7.52. The second-order valence-electron chi connectivity index (χ2n) is 2.98. The largest absolute Gasteiger partial charge is 0.310 e. The summed E-state index contributed by atoms with van der Waals surface area (Å²) >= 11 is 0. The smallest absolute Gasteiger partial charge is 0.0320 e. The molecule has 0 unspecified atom stereocenters. The molecule has 1 saturated heterocycles. The summed E-state index contributed by atoms with van der Waals surface area (Å²) in [6.45, 7) is 1.17. The van der Waals surface area contributed by atoms with Gasteiger partial charge in [-0.3, -0.25) is 0 Å². The van der Waals surface area contributed by atoms with Crippen molar-refractivity contribution in [3.8, 4) is 0 Å². The van der Waals surface area contributed by atoms with Crippen LogP contribution in [0.15, 0.2) is 24.3 Å². The summed E-state index contributed by atoms with van der Waals surface area (Å²) in [5.74, 6) is 0. The SMILES string of the molecule is [c]1ccc([C@@H]2CCCN2)cc1. The second kappa shape index (κ2) is 3.05. The van der Waals surface area contributed by atoms with Crippen LogP contribution in [-0.4, -0.2) is 6.54 Å².